The quantitative estimate of drug-likeness (QED) is 0.454. The summed E-state index contributed by atoms with van der Waals surface area (Å²) in [5.41, 5.74) is 1.71. The zero-order valence-electron chi connectivity index (χ0n) is 12.8. The summed E-state index contributed by atoms with van der Waals surface area (Å²) in [4.78, 5) is 13.5. The first-order chi connectivity index (χ1) is 11.7. The predicted molar refractivity (Wildman–Crippen MR) is 91.8 cm³/mol. The summed E-state index contributed by atoms with van der Waals surface area (Å²) in [6, 6.07) is 11.6. The maximum absolute atomic E-state index is 5.96. The average molecular weight is 335 g/mol. The number of para-hydroxylation sites is 1. The van der Waals surface area contributed by atoms with E-state index in [1.807, 2.05) is 36.4 Å². The van der Waals surface area contributed by atoms with Gasteiger partial charge in [0.15, 0.2) is 5.82 Å². The molecule has 0 amide bonds. The highest BCUT2D eigenvalue weighted by Gasteiger charge is 2.14. The van der Waals surface area contributed by atoms with Gasteiger partial charge in [-0.2, -0.15) is 0 Å². The van der Waals surface area contributed by atoms with E-state index in [9.17, 15) is 0 Å². The van der Waals surface area contributed by atoms with Crippen molar-refractivity contribution in [1.82, 2.24) is 29.8 Å². The van der Waals surface area contributed by atoms with E-state index in [-0.39, 0.29) is 0 Å². The number of rotatable bonds is 3. The molecular weight excluding hydrogens is 322 g/mol. The second kappa shape index (κ2) is 5.89. The first-order valence-corrected chi connectivity index (χ1v) is 8.06. The van der Waals surface area contributed by atoms with E-state index >= 15 is 0 Å². The van der Waals surface area contributed by atoms with E-state index in [0.29, 0.717) is 16.8 Å². The normalized spacial score (nSPS) is 11.0. The molecule has 4 aromatic rings. The molecule has 2 N–H and O–H groups in total. The lowest BCUT2D eigenvalue weighted by Crippen LogP contribution is -2.11. The van der Waals surface area contributed by atoms with Crippen molar-refractivity contribution in [2.75, 3.05) is 5.84 Å². The van der Waals surface area contributed by atoms with Gasteiger partial charge in [-0.3, -0.25) is 4.98 Å². The number of aromatic nitrogens is 6. The van der Waals surface area contributed by atoms with Gasteiger partial charge in [0.2, 0.25) is 5.16 Å². The molecule has 0 fully saturated rings. The zero-order valence-corrected chi connectivity index (χ0v) is 13.6. The van der Waals surface area contributed by atoms with Gasteiger partial charge >= 0.3 is 0 Å². The fourth-order valence-electron chi connectivity index (χ4n) is 2.26. The molecule has 24 heavy (non-hydrogen) atoms. The Hall–Kier alpha value is -3.00. The third kappa shape index (κ3) is 2.56. The number of pyridine rings is 1. The maximum Gasteiger partial charge on any atom is 0.216 e. The number of benzene rings is 1. The highest BCUT2D eigenvalue weighted by Crippen LogP contribution is 2.31. The number of nitrogen functional groups attached to an aromatic ring is 1. The van der Waals surface area contributed by atoms with E-state index in [4.69, 9.17) is 10.8 Å². The Morgan fingerprint density at radius 1 is 1.04 bits per heavy atom. The second-order valence-corrected chi connectivity index (χ2v) is 6.07. The van der Waals surface area contributed by atoms with Gasteiger partial charge in [-0.25, -0.2) is 14.6 Å². The monoisotopic (exact) mass is 335 g/mol. The van der Waals surface area contributed by atoms with Crippen molar-refractivity contribution in [2.45, 2.75) is 17.1 Å². The fourth-order valence-corrected chi connectivity index (χ4v) is 3.16. The molecule has 0 aliphatic heterocycles. The largest absolute Gasteiger partial charge is 0.336 e. The Bertz CT molecular complexity index is 1010. The van der Waals surface area contributed by atoms with Gasteiger partial charge in [0, 0.05) is 23.3 Å². The van der Waals surface area contributed by atoms with Crippen molar-refractivity contribution in [2.24, 2.45) is 0 Å². The molecular formula is C16H13N7S. The van der Waals surface area contributed by atoms with Crippen LogP contribution in [-0.4, -0.2) is 29.8 Å². The van der Waals surface area contributed by atoms with Crippen LogP contribution in [0.2, 0.25) is 0 Å². The molecule has 8 heteroatoms. The number of aryl methyl sites for hydroxylation is 1. The van der Waals surface area contributed by atoms with Crippen molar-refractivity contribution >= 4 is 22.7 Å². The van der Waals surface area contributed by atoms with Crippen LogP contribution in [0.25, 0.3) is 22.3 Å². The third-order valence-corrected chi connectivity index (χ3v) is 4.48. The fraction of sp³-hybridized carbons (Fsp3) is 0.0625. The van der Waals surface area contributed by atoms with Gasteiger partial charge in [0.1, 0.15) is 10.9 Å². The van der Waals surface area contributed by atoms with Crippen LogP contribution in [-0.2, 0) is 0 Å². The van der Waals surface area contributed by atoms with Crippen molar-refractivity contribution in [1.29, 1.82) is 0 Å². The van der Waals surface area contributed by atoms with Crippen LogP contribution in [0.1, 0.15) is 5.82 Å². The molecule has 3 heterocycles. The summed E-state index contributed by atoms with van der Waals surface area (Å²) in [7, 11) is 0. The van der Waals surface area contributed by atoms with E-state index < -0.39 is 0 Å². The lowest BCUT2D eigenvalue weighted by atomic mass is 10.2. The van der Waals surface area contributed by atoms with Crippen LogP contribution >= 0.6 is 11.8 Å². The molecule has 7 nitrogen and oxygen atoms in total. The van der Waals surface area contributed by atoms with E-state index in [2.05, 4.69) is 20.2 Å². The number of hydrogen-bond donors (Lipinski definition) is 1. The summed E-state index contributed by atoms with van der Waals surface area (Å²) < 4.78 is 1.45. The molecule has 0 radical (unpaired) electrons. The van der Waals surface area contributed by atoms with Crippen LogP contribution < -0.4 is 5.84 Å². The minimum Gasteiger partial charge on any atom is -0.336 e. The Balaban J connectivity index is 1.88. The summed E-state index contributed by atoms with van der Waals surface area (Å²) in [5, 5.41) is 10.4. The summed E-state index contributed by atoms with van der Waals surface area (Å²) in [6.07, 6.45) is 3.47. The van der Waals surface area contributed by atoms with E-state index in [1.165, 1.54) is 16.4 Å². The molecule has 0 spiro atoms. The highest BCUT2D eigenvalue weighted by atomic mass is 32.2. The first kappa shape index (κ1) is 14.6. The molecule has 0 saturated carbocycles. The minimum absolute atomic E-state index is 0.577. The summed E-state index contributed by atoms with van der Waals surface area (Å²) in [6.45, 7) is 1.80. The summed E-state index contributed by atoms with van der Waals surface area (Å²) in [5.74, 6) is 7.22. The van der Waals surface area contributed by atoms with Gasteiger partial charge in [-0.1, -0.05) is 18.2 Å². The number of hydrogen-bond acceptors (Lipinski definition) is 7. The molecule has 0 bridgehead atoms. The van der Waals surface area contributed by atoms with Crippen LogP contribution in [0.3, 0.4) is 0 Å². The lowest BCUT2D eigenvalue weighted by Gasteiger charge is -2.08. The maximum atomic E-state index is 5.96. The first-order valence-electron chi connectivity index (χ1n) is 7.24. The number of nitrogens with zero attached hydrogens (tertiary/aromatic N) is 6. The van der Waals surface area contributed by atoms with Crippen molar-refractivity contribution in [3.63, 3.8) is 0 Å². The van der Waals surface area contributed by atoms with Crippen molar-refractivity contribution in [3.05, 3.63) is 54.6 Å². The van der Waals surface area contributed by atoms with E-state index in [1.54, 1.807) is 19.3 Å². The smallest absolute Gasteiger partial charge is 0.216 e. The molecule has 3 aromatic heterocycles. The molecule has 4 rings (SSSR count). The third-order valence-electron chi connectivity index (χ3n) is 3.51. The molecule has 1 aromatic carbocycles. The number of nitrogens with two attached hydrogens (primary N) is 1. The average Bonchev–Trinajstić information content (AvgIpc) is 2.94. The summed E-state index contributed by atoms with van der Waals surface area (Å²) >= 11 is 1.37. The standard InChI is InChI=1S/C16H13N7S/c1-10-21-22-16(23(10)17)24-15-12-6-2-3-7-13(12)19-14(20-15)11-5-4-8-18-9-11/h2-9H,17H2,1H3. The minimum atomic E-state index is 0.577. The molecule has 0 saturated heterocycles. The molecule has 118 valence electrons. The predicted octanol–water partition coefficient (Wildman–Crippen LogP) is 2.46. The van der Waals surface area contributed by atoms with Gasteiger partial charge in [0.05, 0.1) is 5.52 Å². The topological polar surface area (TPSA) is 95.4 Å². The van der Waals surface area contributed by atoms with Crippen LogP contribution in [0.4, 0.5) is 0 Å². The van der Waals surface area contributed by atoms with Gasteiger partial charge in [-0.15, -0.1) is 10.2 Å². The van der Waals surface area contributed by atoms with Gasteiger partial charge in [0.25, 0.3) is 0 Å². The van der Waals surface area contributed by atoms with Gasteiger partial charge in [-0.05, 0) is 36.9 Å². The van der Waals surface area contributed by atoms with Crippen LogP contribution in [0.15, 0.2) is 59.0 Å². The van der Waals surface area contributed by atoms with Gasteiger partial charge < -0.3 is 5.84 Å². The Kier molecular flexibility index (Phi) is 3.58. The number of fused-ring (bicyclic) bond motifs is 1. The Morgan fingerprint density at radius 2 is 1.92 bits per heavy atom. The second-order valence-electron chi connectivity index (χ2n) is 5.11. The molecule has 0 aliphatic rings. The lowest BCUT2D eigenvalue weighted by molar-refractivity contribution is 0.824. The molecule has 0 aliphatic carbocycles. The van der Waals surface area contributed by atoms with Crippen LogP contribution in [0, 0.1) is 6.92 Å². The van der Waals surface area contributed by atoms with Crippen molar-refractivity contribution in [3.8, 4) is 11.4 Å². The SMILES string of the molecule is Cc1nnc(Sc2nc(-c3cccnc3)nc3ccccc23)n1N. The van der Waals surface area contributed by atoms with E-state index in [0.717, 1.165) is 21.5 Å². The Labute approximate surface area is 142 Å². The van der Waals surface area contributed by atoms with Crippen molar-refractivity contribution < 1.29 is 0 Å². The Morgan fingerprint density at radius 3 is 2.67 bits per heavy atom. The highest BCUT2D eigenvalue weighted by molar-refractivity contribution is 7.99. The molecule has 0 unspecified atom stereocenters. The van der Waals surface area contributed by atoms with Crippen LogP contribution in [0.5, 0.6) is 0 Å². The molecule has 0 atom stereocenters. The zero-order chi connectivity index (χ0) is 16.5.